The number of hydrogen-bond acceptors (Lipinski definition) is 6. The van der Waals surface area contributed by atoms with Gasteiger partial charge in [-0.2, -0.15) is 5.10 Å². The van der Waals surface area contributed by atoms with Gasteiger partial charge >= 0.3 is 6.03 Å². The lowest BCUT2D eigenvalue weighted by atomic mass is 9.97. The molecule has 5 rings (SSSR count). The second-order valence-corrected chi connectivity index (χ2v) is 9.34. The summed E-state index contributed by atoms with van der Waals surface area (Å²) in [6, 6.07) is 8.38. The van der Waals surface area contributed by atoms with E-state index in [1.165, 1.54) is 0 Å². The van der Waals surface area contributed by atoms with Gasteiger partial charge in [-0.15, -0.1) is 0 Å². The zero-order chi connectivity index (χ0) is 24.4. The van der Waals surface area contributed by atoms with Crippen LogP contribution in [0.3, 0.4) is 0 Å². The van der Waals surface area contributed by atoms with Gasteiger partial charge in [0.25, 0.3) is 0 Å². The highest BCUT2D eigenvalue weighted by Crippen LogP contribution is 2.33. The second-order valence-electron chi connectivity index (χ2n) is 9.34. The third kappa shape index (κ3) is 4.94. The Morgan fingerprint density at radius 2 is 1.83 bits per heavy atom. The summed E-state index contributed by atoms with van der Waals surface area (Å²) in [7, 11) is 1.91. The van der Waals surface area contributed by atoms with Crippen molar-refractivity contribution in [1.29, 1.82) is 0 Å². The molecular weight excluding hydrogens is 440 g/mol. The number of aromatic nitrogens is 5. The van der Waals surface area contributed by atoms with Crippen molar-refractivity contribution in [3.8, 4) is 22.3 Å². The summed E-state index contributed by atoms with van der Waals surface area (Å²) < 4.78 is 1.79. The normalized spacial score (nSPS) is 14.1. The lowest BCUT2D eigenvalue weighted by Crippen LogP contribution is -2.52. The van der Waals surface area contributed by atoms with Crippen LogP contribution in [0, 0.1) is 5.92 Å². The van der Waals surface area contributed by atoms with Crippen molar-refractivity contribution in [2.75, 3.05) is 37.6 Å². The molecule has 9 heteroatoms. The number of nitrogens with zero attached hydrogens (tertiary/aromatic N) is 7. The molecule has 2 amide bonds. The number of hydrogen-bond donors (Lipinski definition) is 1. The highest BCUT2D eigenvalue weighted by molar-refractivity contribution is 5.97. The maximum absolute atomic E-state index is 12.4. The number of carbonyl (C=O) groups is 1. The Morgan fingerprint density at radius 1 is 1.00 bits per heavy atom. The lowest BCUT2D eigenvalue weighted by Gasteiger charge is -2.35. The first-order valence-corrected chi connectivity index (χ1v) is 11.9. The van der Waals surface area contributed by atoms with Gasteiger partial charge in [0.2, 0.25) is 0 Å². The number of nitrogens with one attached hydrogen (secondary N) is 1. The number of anilines is 1. The monoisotopic (exact) mass is 470 g/mol. The van der Waals surface area contributed by atoms with Crippen LogP contribution in [0.5, 0.6) is 0 Å². The van der Waals surface area contributed by atoms with Crippen molar-refractivity contribution in [1.82, 2.24) is 34.9 Å². The largest absolute Gasteiger partial charge is 0.353 e. The summed E-state index contributed by atoms with van der Waals surface area (Å²) in [6.45, 7) is 7.77. The molecule has 1 N–H and O–H groups in total. The maximum atomic E-state index is 12.4. The molecule has 9 nitrogen and oxygen atoms in total. The minimum absolute atomic E-state index is 0.0178. The topological polar surface area (TPSA) is 92.1 Å². The van der Waals surface area contributed by atoms with E-state index in [0.29, 0.717) is 25.6 Å². The van der Waals surface area contributed by atoms with Crippen LogP contribution >= 0.6 is 0 Å². The number of rotatable bonds is 5. The zero-order valence-corrected chi connectivity index (χ0v) is 20.3. The van der Waals surface area contributed by atoms with Gasteiger partial charge in [-0.3, -0.25) is 4.68 Å². The number of pyridine rings is 1. The van der Waals surface area contributed by atoms with Crippen LogP contribution in [0.15, 0.2) is 55.4 Å². The molecular formula is C26H30N8O. The second kappa shape index (κ2) is 9.69. The van der Waals surface area contributed by atoms with Crippen molar-refractivity contribution in [2.24, 2.45) is 13.0 Å². The molecule has 180 valence electrons. The summed E-state index contributed by atoms with van der Waals surface area (Å²) in [5.74, 6) is 1.36. The average Bonchev–Trinajstić information content (AvgIpc) is 3.33. The molecule has 1 aromatic carbocycles. The number of urea groups is 1. The molecule has 0 atom stereocenters. The van der Waals surface area contributed by atoms with Gasteiger partial charge in [-0.25, -0.2) is 19.7 Å². The highest BCUT2D eigenvalue weighted by Gasteiger charge is 2.22. The van der Waals surface area contributed by atoms with E-state index in [0.717, 1.165) is 52.1 Å². The summed E-state index contributed by atoms with van der Waals surface area (Å²) >= 11 is 0. The first-order chi connectivity index (χ1) is 17.0. The van der Waals surface area contributed by atoms with E-state index in [-0.39, 0.29) is 6.03 Å². The summed E-state index contributed by atoms with van der Waals surface area (Å²) in [6.07, 6.45) is 9.18. The van der Waals surface area contributed by atoms with Gasteiger partial charge in [0.1, 0.15) is 12.1 Å². The number of aryl methyl sites for hydroxylation is 1. The van der Waals surface area contributed by atoms with Crippen molar-refractivity contribution >= 4 is 22.8 Å². The Balaban J connectivity index is 1.35. The van der Waals surface area contributed by atoms with Crippen molar-refractivity contribution < 1.29 is 4.79 Å². The van der Waals surface area contributed by atoms with Gasteiger partial charge in [0.15, 0.2) is 0 Å². The van der Waals surface area contributed by atoms with Gasteiger partial charge in [0.05, 0.1) is 11.7 Å². The molecule has 1 fully saturated rings. The molecule has 0 aliphatic carbocycles. The van der Waals surface area contributed by atoms with Gasteiger partial charge in [0, 0.05) is 74.9 Å². The molecule has 0 bridgehead atoms. The van der Waals surface area contributed by atoms with Gasteiger partial charge in [-0.05, 0) is 41.3 Å². The van der Waals surface area contributed by atoms with E-state index < -0.39 is 0 Å². The van der Waals surface area contributed by atoms with Crippen LogP contribution in [0.25, 0.3) is 33.2 Å². The maximum Gasteiger partial charge on any atom is 0.317 e. The summed E-state index contributed by atoms with van der Waals surface area (Å²) in [5.41, 5.74) is 5.01. The fourth-order valence-electron chi connectivity index (χ4n) is 4.33. The van der Waals surface area contributed by atoms with Crippen molar-refractivity contribution in [3.05, 3.63) is 55.4 Å². The van der Waals surface area contributed by atoms with Crippen LogP contribution in [-0.2, 0) is 7.05 Å². The van der Waals surface area contributed by atoms with Gasteiger partial charge < -0.3 is 15.1 Å². The van der Waals surface area contributed by atoms with Crippen LogP contribution in [0.1, 0.15) is 13.8 Å². The molecule has 3 aromatic heterocycles. The molecule has 0 saturated carbocycles. The Hall–Kier alpha value is -4.01. The number of fused-ring (bicyclic) bond motifs is 1. The number of benzene rings is 1. The quantitative estimate of drug-likeness (QED) is 0.479. The molecule has 4 heterocycles. The van der Waals surface area contributed by atoms with Crippen LogP contribution < -0.4 is 10.2 Å². The number of carbonyl (C=O) groups excluding carboxylic acids is 1. The minimum atomic E-state index is 0.0178. The van der Waals surface area contributed by atoms with E-state index in [1.54, 1.807) is 11.0 Å². The van der Waals surface area contributed by atoms with E-state index in [4.69, 9.17) is 4.98 Å². The fourth-order valence-corrected chi connectivity index (χ4v) is 4.33. The highest BCUT2D eigenvalue weighted by atomic mass is 16.2. The van der Waals surface area contributed by atoms with Gasteiger partial charge in [-0.1, -0.05) is 13.8 Å². The molecule has 35 heavy (non-hydrogen) atoms. The molecule has 0 unspecified atom stereocenters. The predicted octanol–water partition coefficient (Wildman–Crippen LogP) is 3.58. The standard InChI is InChI=1S/C26H30N8O/c1-18(2)12-29-26(35)34-8-6-33(7-9-34)25-5-4-19(13-28-25)22-10-20(21-14-31-32(3)16-21)11-24-23(22)15-27-17-30-24/h4-5,10-11,13-18H,6-9,12H2,1-3H3,(H,29,35). The smallest absolute Gasteiger partial charge is 0.317 e. The zero-order valence-electron chi connectivity index (χ0n) is 20.3. The first kappa shape index (κ1) is 22.8. The van der Waals surface area contributed by atoms with E-state index in [2.05, 4.69) is 63.4 Å². The Morgan fingerprint density at radius 3 is 2.51 bits per heavy atom. The number of amides is 2. The first-order valence-electron chi connectivity index (χ1n) is 11.9. The number of piperazine rings is 1. The molecule has 1 aliphatic heterocycles. The Labute approximate surface area is 204 Å². The van der Waals surface area contributed by atoms with E-state index >= 15 is 0 Å². The third-order valence-corrected chi connectivity index (χ3v) is 6.27. The van der Waals surface area contributed by atoms with E-state index in [1.807, 2.05) is 36.7 Å². The van der Waals surface area contributed by atoms with Crippen LogP contribution in [0.4, 0.5) is 10.6 Å². The fraction of sp³-hybridized carbons (Fsp3) is 0.346. The van der Waals surface area contributed by atoms with Crippen molar-refractivity contribution in [2.45, 2.75) is 13.8 Å². The van der Waals surface area contributed by atoms with Crippen molar-refractivity contribution in [3.63, 3.8) is 0 Å². The predicted molar refractivity (Wildman–Crippen MR) is 137 cm³/mol. The molecule has 1 aliphatic rings. The average molecular weight is 471 g/mol. The van der Waals surface area contributed by atoms with Crippen LogP contribution in [-0.4, -0.2) is 68.4 Å². The SMILES string of the molecule is CC(C)CNC(=O)N1CCN(c2ccc(-c3cc(-c4cnn(C)c4)cc4ncncc34)cn2)CC1. The molecule has 0 spiro atoms. The molecule has 4 aromatic rings. The Bertz CT molecular complexity index is 1320. The molecule has 1 saturated heterocycles. The van der Waals surface area contributed by atoms with Crippen LogP contribution in [0.2, 0.25) is 0 Å². The third-order valence-electron chi connectivity index (χ3n) is 6.27. The molecule has 0 radical (unpaired) electrons. The van der Waals surface area contributed by atoms with E-state index in [9.17, 15) is 4.79 Å². The summed E-state index contributed by atoms with van der Waals surface area (Å²) in [4.78, 5) is 30.0. The minimum Gasteiger partial charge on any atom is -0.353 e. The Kier molecular flexibility index (Phi) is 6.31. The lowest BCUT2D eigenvalue weighted by molar-refractivity contribution is 0.193. The summed E-state index contributed by atoms with van der Waals surface area (Å²) in [5, 5.41) is 8.29.